The Labute approximate surface area is 211 Å². The lowest BCUT2D eigenvalue weighted by atomic mass is 10.00. The molecule has 1 N–H and O–H groups in total. The molecule has 2 heterocycles. The van der Waals surface area contributed by atoms with Crippen LogP contribution in [-0.2, 0) is 11.3 Å². The van der Waals surface area contributed by atoms with E-state index in [1.807, 2.05) is 37.3 Å². The van der Waals surface area contributed by atoms with Crippen LogP contribution in [0.2, 0.25) is 0 Å². The number of para-hydroxylation sites is 1. The van der Waals surface area contributed by atoms with Crippen molar-refractivity contribution >= 4 is 23.4 Å². The molecule has 0 spiro atoms. The molecule has 0 saturated carbocycles. The fraction of sp³-hybridized carbons (Fsp3) is 0.300. The molecule has 3 aromatic carbocycles. The number of anilines is 1. The minimum absolute atomic E-state index is 0.0464. The molecule has 0 aliphatic carbocycles. The van der Waals surface area contributed by atoms with Crippen LogP contribution in [0, 0.1) is 13.8 Å². The summed E-state index contributed by atoms with van der Waals surface area (Å²) in [7, 11) is 0. The lowest BCUT2D eigenvalue weighted by molar-refractivity contribution is -0.122. The largest absolute Gasteiger partial charge is 0.346 e. The van der Waals surface area contributed by atoms with Crippen LogP contribution in [0.25, 0.3) is 0 Å². The summed E-state index contributed by atoms with van der Waals surface area (Å²) in [5, 5.41) is 3.09. The summed E-state index contributed by atoms with van der Waals surface area (Å²) in [6, 6.07) is 20.4. The highest BCUT2D eigenvalue weighted by Gasteiger charge is 2.41. The van der Waals surface area contributed by atoms with Crippen molar-refractivity contribution < 1.29 is 14.4 Å². The van der Waals surface area contributed by atoms with Crippen molar-refractivity contribution in [2.24, 2.45) is 0 Å². The van der Waals surface area contributed by atoms with Gasteiger partial charge in [0.15, 0.2) is 0 Å². The SMILES string of the molecule is Cc1ccc([C@H](C)NC(=O)c2ccc(CN3C(=O)[C@@H]4CCCN4C(=O)c4ccccc43)cc2)c(C)c1. The Morgan fingerprint density at radius 2 is 1.78 bits per heavy atom. The second-order valence-electron chi connectivity index (χ2n) is 9.85. The van der Waals surface area contributed by atoms with Crippen molar-refractivity contribution in [3.63, 3.8) is 0 Å². The summed E-state index contributed by atoms with van der Waals surface area (Å²) < 4.78 is 0. The molecular formula is C30H31N3O3. The maximum Gasteiger partial charge on any atom is 0.256 e. The number of carbonyl (C=O) groups excluding carboxylic acids is 3. The fourth-order valence-corrected chi connectivity index (χ4v) is 5.39. The second-order valence-corrected chi connectivity index (χ2v) is 9.85. The van der Waals surface area contributed by atoms with Crippen LogP contribution in [0.4, 0.5) is 5.69 Å². The van der Waals surface area contributed by atoms with Gasteiger partial charge in [0, 0.05) is 12.1 Å². The molecule has 1 saturated heterocycles. The molecule has 2 aliphatic rings. The van der Waals surface area contributed by atoms with Crippen molar-refractivity contribution in [3.05, 3.63) is 100 Å². The molecule has 0 unspecified atom stereocenters. The molecule has 2 atom stereocenters. The van der Waals surface area contributed by atoms with Crippen molar-refractivity contribution in [2.45, 2.75) is 52.2 Å². The van der Waals surface area contributed by atoms with Gasteiger partial charge in [0.1, 0.15) is 6.04 Å². The van der Waals surface area contributed by atoms with Gasteiger partial charge in [-0.1, -0.05) is 48.0 Å². The van der Waals surface area contributed by atoms with Crippen LogP contribution in [0.15, 0.2) is 66.7 Å². The van der Waals surface area contributed by atoms with Gasteiger partial charge < -0.3 is 15.1 Å². The van der Waals surface area contributed by atoms with Crippen molar-refractivity contribution in [3.8, 4) is 0 Å². The third kappa shape index (κ3) is 4.39. The lowest BCUT2D eigenvalue weighted by Crippen LogP contribution is -2.44. The van der Waals surface area contributed by atoms with Crippen molar-refractivity contribution in [1.29, 1.82) is 0 Å². The summed E-state index contributed by atoms with van der Waals surface area (Å²) in [6.45, 7) is 7.05. The molecule has 184 valence electrons. The number of rotatable bonds is 5. The van der Waals surface area contributed by atoms with E-state index in [1.54, 1.807) is 28.0 Å². The number of amides is 3. The molecule has 3 aromatic rings. The highest BCUT2D eigenvalue weighted by molar-refractivity contribution is 6.11. The molecule has 36 heavy (non-hydrogen) atoms. The number of benzene rings is 3. The number of hydrogen-bond acceptors (Lipinski definition) is 3. The summed E-state index contributed by atoms with van der Waals surface area (Å²) in [6.07, 6.45) is 1.52. The maximum atomic E-state index is 13.5. The van der Waals surface area contributed by atoms with Gasteiger partial charge in [0.25, 0.3) is 11.8 Å². The van der Waals surface area contributed by atoms with E-state index in [0.29, 0.717) is 36.3 Å². The number of aryl methyl sites for hydroxylation is 2. The van der Waals surface area contributed by atoms with Gasteiger partial charge in [-0.25, -0.2) is 0 Å². The van der Waals surface area contributed by atoms with Crippen LogP contribution in [-0.4, -0.2) is 35.2 Å². The van der Waals surface area contributed by atoms with Crippen LogP contribution < -0.4 is 10.2 Å². The zero-order valence-electron chi connectivity index (χ0n) is 21.0. The molecule has 0 aromatic heterocycles. The predicted octanol–water partition coefficient (Wildman–Crippen LogP) is 4.95. The Morgan fingerprint density at radius 1 is 1.03 bits per heavy atom. The number of carbonyl (C=O) groups is 3. The minimum atomic E-state index is -0.415. The zero-order valence-corrected chi connectivity index (χ0v) is 21.0. The van der Waals surface area contributed by atoms with Gasteiger partial charge in [-0.05, 0) is 74.6 Å². The first-order valence-corrected chi connectivity index (χ1v) is 12.5. The van der Waals surface area contributed by atoms with E-state index in [2.05, 4.69) is 37.4 Å². The van der Waals surface area contributed by atoms with E-state index in [-0.39, 0.29) is 23.8 Å². The highest BCUT2D eigenvalue weighted by Crippen LogP contribution is 2.33. The Kier molecular flexibility index (Phi) is 6.35. The third-order valence-corrected chi connectivity index (χ3v) is 7.29. The Balaban J connectivity index is 1.34. The standard InChI is InChI=1S/C30H31N3O3/c1-19-10-15-24(20(2)17-19)21(3)31-28(34)23-13-11-22(12-14-23)18-33-26-8-5-4-7-25(26)29(35)32-16-6-9-27(32)30(33)36/h4-5,7-8,10-15,17,21,27H,6,9,16,18H2,1-3H3,(H,31,34)/t21-,27-/m0/s1. The van der Waals surface area contributed by atoms with E-state index in [9.17, 15) is 14.4 Å². The zero-order chi connectivity index (χ0) is 25.4. The average Bonchev–Trinajstić information content (AvgIpc) is 3.34. The first-order valence-electron chi connectivity index (χ1n) is 12.5. The summed E-state index contributed by atoms with van der Waals surface area (Å²) >= 11 is 0. The second kappa shape index (κ2) is 9.61. The average molecular weight is 482 g/mol. The summed E-state index contributed by atoms with van der Waals surface area (Å²) in [5.41, 5.74) is 6.11. The van der Waals surface area contributed by atoms with Crippen molar-refractivity contribution in [1.82, 2.24) is 10.2 Å². The minimum Gasteiger partial charge on any atom is -0.346 e. The quantitative estimate of drug-likeness (QED) is 0.561. The molecule has 2 aliphatic heterocycles. The molecule has 5 rings (SSSR count). The maximum absolute atomic E-state index is 13.5. The predicted molar refractivity (Wildman–Crippen MR) is 140 cm³/mol. The molecule has 6 heteroatoms. The van der Waals surface area contributed by atoms with Crippen LogP contribution in [0.1, 0.15) is 68.8 Å². The van der Waals surface area contributed by atoms with E-state index in [0.717, 1.165) is 23.1 Å². The lowest BCUT2D eigenvalue weighted by Gasteiger charge is -2.26. The number of nitrogens with zero attached hydrogens (tertiary/aromatic N) is 2. The Morgan fingerprint density at radius 3 is 2.53 bits per heavy atom. The Bertz CT molecular complexity index is 1330. The van der Waals surface area contributed by atoms with E-state index in [1.165, 1.54) is 5.56 Å². The summed E-state index contributed by atoms with van der Waals surface area (Å²) in [4.78, 5) is 42.9. The monoisotopic (exact) mass is 481 g/mol. The van der Waals surface area contributed by atoms with Crippen molar-refractivity contribution in [2.75, 3.05) is 11.4 Å². The first-order chi connectivity index (χ1) is 17.3. The van der Waals surface area contributed by atoms with Gasteiger partial charge in [0.05, 0.1) is 23.8 Å². The summed E-state index contributed by atoms with van der Waals surface area (Å²) in [5.74, 6) is -0.263. The van der Waals surface area contributed by atoms with E-state index < -0.39 is 6.04 Å². The Hall–Kier alpha value is -3.93. The molecule has 0 radical (unpaired) electrons. The smallest absolute Gasteiger partial charge is 0.256 e. The molecule has 6 nitrogen and oxygen atoms in total. The number of hydrogen-bond donors (Lipinski definition) is 1. The molecular weight excluding hydrogens is 450 g/mol. The highest BCUT2D eigenvalue weighted by atomic mass is 16.2. The van der Waals surface area contributed by atoms with Gasteiger partial charge in [0.2, 0.25) is 5.91 Å². The molecule has 0 bridgehead atoms. The van der Waals surface area contributed by atoms with Crippen LogP contribution in [0.3, 0.4) is 0 Å². The van der Waals surface area contributed by atoms with Gasteiger partial charge in [-0.3, -0.25) is 14.4 Å². The molecule has 1 fully saturated rings. The first kappa shape index (κ1) is 23.8. The third-order valence-electron chi connectivity index (χ3n) is 7.29. The topological polar surface area (TPSA) is 69.7 Å². The number of fused-ring (bicyclic) bond motifs is 2. The molecule has 3 amide bonds. The van der Waals surface area contributed by atoms with Crippen LogP contribution >= 0.6 is 0 Å². The normalized spacial score (nSPS) is 17.9. The number of nitrogens with one attached hydrogen (secondary N) is 1. The van der Waals surface area contributed by atoms with E-state index >= 15 is 0 Å². The van der Waals surface area contributed by atoms with Gasteiger partial charge >= 0.3 is 0 Å². The van der Waals surface area contributed by atoms with Crippen LogP contribution in [0.5, 0.6) is 0 Å². The fourth-order valence-electron chi connectivity index (χ4n) is 5.39. The van der Waals surface area contributed by atoms with Gasteiger partial charge in [-0.15, -0.1) is 0 Å². The van der Waals surface area contributed by atoms with Gasteiger partial charge in [-0.2, -0.15) is 0 Å². The van der Waals surface area contributed by atoms with E-state index in [4.69, 9.17) is 0 Å².